The molecule has 0 aliphatic rings. The molecule has 0 amide bonds. The summed E-state index contributed by atoms with van der Waals surface area (Å²) in [6, 6.07) is 2.18. The normalized spacial score (nSPS) is 9.33. The SMILES string of the molecule is [B]c1c(C)c(C)cc(C)c1C.[H-].[K+]. The van der Waals surface area contributed by atoms with Crippen LogP contribution in [0, 0.1) is 27.7 Å². The zero-order chi connectivity index (χ0) is 8.59. The first-order chi connectivity index (χ1) is 5.04. The topological polar surface area (TPSA) is 0 Å². The third-order valence-corrected chi connectivity index (χ3v) is 2.42. The molecule has 0 aliphatic heterocycles. The van der Waals surface area contributed by atoms with Crippen LogP contribution in [0.25, 0.3) is 0 Å². The zero-order valence-corrected chi connectivity index (χ0v) is 11.8. The van der Waals surface area contributed by atoms with Crippen LogP contribution in [0.3, 0.4) is 0 Å². The van der Waals surface area contributed by atoms with E-state index in [0.717, 1.165) is 5.46 Å². The number of rotatable bonds is 0. The molecular formula is C10H14BK. The standard InChI is InChI=1S/C10H13B.K.H/c1-6-5-7(2)9(4)10(11)8(6)3;;/h5H,1-4H3;;/q;+1;-1. The Morgan fingerprint density at radius 1 is 1.00 bits per heavy atom. The van der Waals surface area contributed by atoms with Crippen molar-refractivity contribution in [3.05, 3.63) is 28.3 Å². The van der Waals surface area contributed by atoms with Gasteiger partial charge in [-0.1, -0.05) is 22.7 Å². The van der Waals surface area contributed by atoms with Crippen LogP contribution in [0.1, 0.15) is 23.7 Å². The van der Waals surface area contributed by atoms with E-state index in [9.17, 15) is 0 Å². The minimum atomic E-state index is 0. The van der Waals surface area contributed by atoms with E-state index in [0.29, 0.717) is 0 Å². The maximum absolute atomic E-state index is 5.88. The van der Waals surface area contributed by atoms with E-state index in [1.807, 2.05) is 0 Å². The fraction of sp³-hybridized carbons (Fsp3) is 0.400. The summed E-state index contributed by atoms with van der Waals surface area (Å²) in [5.41, 5.74) is 5.94. The van der Waals surface area contributed by atoms with Gasteiger partial charge in [-0.2, -0.15) is 0 Å². The van der Waals surface area contributed by atoms with Crippen LogP contribution in [0.4, 0.5) is 0 Å². The Morgan fingerprint density at radius 2 is 1.33 bits per heavy atom. The van der Waals surface area contributed by atoms with E-state index in [4.69, 9.17) is 7.85 Å². The maximum atomic E-state index is 5.88. The molecule has 0 saturated carbocycles. The van der Waals surface area contributed by atoms with Crippen LogP contribution in [0.2, 0.25) is 0 Å². The van der Waals surface area contributed by atoms with Crippen molar-refractivity contribution >= 4 is 13.3 Å². The largest absolute Gasteiger partial charge is 1.00 e. The van der Waals surface area contributed by atoms with Gasteiger partial charge in [0.05, 0.1) is 0 Å². The third-order valence-electron chi connectivity index (χ3n) is 2.42. The van der Waals surface area contributed by atoms with Gasteiger partial charge in [-0.15, -0.1) is 0 Å². The van der Waals surface area contributed by atoms with Crippen molar-refractivity contribution in [3.63, 3.8) is 0 Å². The summed E-state index contributed by atoms with van der Waals surface area (Å²) in [5, 5.41) is 0. The molecule has 0 bridgehead atoms. The molecule has 0 heterocycles. The van der Waals surface area contributed by atoms with Gasteiger partial charge in [-0.3, -0.25) is 0 Å². The van der Waals surface area contributed by atoms with E-state index >= 15 is 0 Å². The molecule has 0 nitrogen and oxygen atoms in total. The Labute approximate surface area is 120 Å². The van der Waals surface area contributed by atoms with E-state index < -0.39 is 0 Å². The monoisotopic (exact) mass is 184 g/mol. The van der Waals surface area contributed by atoms with Crippen molar-refractivity contribution < 1.29 is 52.8 Å². The summed E-state index contributed by atoms with van der Waals surface area (Å²) in [6.45, 7) is 8.32. The van der Waals surface area contributed by atoms with E-state index in [2.05, 4.69) is 33.8 Å². The summed E-state index contributed by atoms with van der Waals surface area (Å²) >= 11 is 0. The van der Waals surface area contributed by atoms with Crippen LogP contribution in [-0.2, 0) is 0 Å². The average molecular weight is 184 g/mol. The van der Waals surface area contributed by atoms with E-state index in [-0.39, 0.29) is 52.8 Å². The van der Waals surface area contributed by atoms with Crippen LogP contribution in [-0.4, -0.2) is 7.85 Å². The Kier molecular flexibility index (Phi) is 5.35. The van der Waals surface area contributed by atoms with Crippen LogP contribution < -0.4 is 56.8 Å². The van der Waals surface area contributed by atoms with Crippen molar-refractivity contribution in [1.82, 2.24) is 0 Å². The van der Waals surface area contributed by atoms with Crippen molar-refractivity contribution in [3.8, 4) is 0 Å². The first-order valence-corrected chi connectivity index (χ1v) is 3.87. The molecule has 0 spiro atoms. The molecular weight excluding hydrogens is 170 g/mol. The van der Waals surface area contributed by atoms with Crippen molar-refractivity contribution in [2.24, 2.45) is 0 Å². The summed E-state index contributed by atoms with van der Waals surface area (Å²) in [4.78, 5) is 0. The van der Waals surface area contributed by atoms with Gasteiger partial charge in [0.15, 0.2) is 0 Å². The second-order valence-corrected chi connectivity index (χ2v) is 3.17. The molecule has 2 radical (unpaired) electrons. The fourth-order valence-corrected chi connectivity index (χ4v) is 1.25. The fourth-order valence-electron chi connectivity index (χ4n) is 1.25. The Bertz CT molecular complexity index is 271. The minimum absolute atomic E-state index is 0. The number of hydrogen-bond donors (Lipinski definition) is 0. The molecule has 0 saturated heterocycles. The molecule has 1 aromatic rings. The van der Waals surface area contributed by atoms with Gasteiger partial charge in [0, 0.05) is 0 Å². The maximum Gasteiger partial charge on any atom is 1.00 e. The minimum Gasteiger partial charge on any atom is -1.00 e. The second kappa shape index (κ2) is 4.97. The van der Waals surface area contributed by atoms with Crippen molar-refractivity contribution in [2.45, 2.75) is 27.7 Å². The second-order valence-electron chi connectivity index (χ2n) is 3.17. The molecule has 1 rings (SSSR count). The van der Waals surface area contributed by atoms with Gasteiger partial charge in [-0.25, -0.2) is 0 Å². The molecule has 2 heteroatoms. The number of hydrogen-bond acceptors (Lipinski definition) is 0. The molecule has 12 heavy (non-hydrogen) atoms. The van der Waals surface area contributed by atoms with Gasteiger partial charge in [0.1, 0.15) is 7.85 Å². The quantitative estimate of drug-likeness (QED) is 0.446. The van der Waals surface area contributed by atoms with Crippen molar-refractivity contribution in [2.75, 3.05) is 0 Å². The Balaban J connectivity index is 0. The first kappa shape index (κ1) is 12.9. The summed E-state index contributed by atoms with van der Waals surface area (Å²) < 4.78 is 0. The third kappa shape index (κ3) is 2.46. The molecule has 0 atom stereocenters. The number of aryl methyl sites for hydroxylation is 2. The molecule has 0 fully saturated rings. The van der Waals surface area contributed by atoms with E-state index in [1.54, 1.807) is 0 Å². The number of benzene rings is 1. The summed E-state index contributed by atoms with van der Waals surface area (Å²) in [6.07, 6.45) is 0. The molecule has 0 N–H and O–H groups in total. The van der Waals surface area contributed by atoms with Crippen LogP contribution in [0.15, 0.2) is 6.07 Å². The van der Waals surface area contributed by atoms with Gasteiger partial charge < -0.3 is 1.43 Å². The molecule has 1 aromatic carbocycles. The van der Waals surface area contributed by atoms with Gasteiger partial charge in [-0.05, 0) is 38.8 Å². The Morgan fingerprint density at radius 3 is 1.67 bits per heavy atom. The summed E-state index contributed by atoms with van der Waals surface area (Å²) in [5.74, 6) is 0. The van der Waals surface area contributed by atoms with Gasteiger partial charge >= 0.3 is 51.4 Å². The average Bonchev–Trinajstić information content (AvgIpc) is 1.97. The van der Waals surface area contributed by atoms with Crippen LogP contribution >= 0.6 is 0 Å². The van der Waals surface area contributed by atoms with Gasteiger partial charge in [0.2, 0.25) is 0 Å². The van der Waals surface area contributed by atoms with E-state index in [1.165, 1.54) is 22.3 Å². The smallest absolute Gasteiger partial charge is 1.00 e. The molecule has 0 aliphatic carbocycles. The van der Waals surface area contributed by atoms with Crippen molar-refractivity contribution in [1.29, 1.82) is 0 Å². The van der Waals surface area contributed by atoms with Gasteiger partial charge in [0.25, 0.3) is 0 Å². The zero-order valence-electron chi connectivity index (χ0n) is 9.65. The summed E-state index contributed by atoms with van der Waals surface area (Å²) in [7, 11) is 5.88. The van der Waals surface area contributed by atoms with Crippen LogP contribution in [0.5, 0.6) is 0 Å². The molecule has 0 unspecified atom stereocenters. The molecule has 0 aromatic heterocycles. The predicted octanol–water partition coefficient (Wildman–Crippen LogP) is -1.17. The first-order valence-electron chi connectivity index (χ1n) is 3.87. The predicted molar refractivity (Wildman–Crippen MR) is 51.9 cm³/mol. The molecule has 58 valence electrons. The Hall–Kier alpha value is 0.921.